The van der Waals surface area contributed by atoms with Gasteiger partial charge >= 0.3 is 0 Å². The topological polar surface area (TPSA) is 17.0 Å². The predicted octanol–water partition coefficient (Wildman–Crippen LogP) is 16.0. The Morgan fingerprint density at radius 1 is 0.621 bits per heavy atom. The minimum absolute atomic E-state index is 0.0292. The zero-order valence-electron chi connectivity index (χ0n) is 35.6. The number of para-hydroxylation sites is 2. The van der Waals surface area contributed by atoms with Crippen molar-refractivity contribution in [3.8, 4) is 16.8 Å². The molecule has 8 rings (SSSR count). The van der Waals surface area contributed by atoms with E-state index >= 15 is 0 Å². The number of hydrogen-bond acceptors (Lipinski definition) is 1. The van der Waals surface area contributed by atoms with Gasteiger partial charge in [0.2, 0.25) is 0 Å². The molecule has 0 aliphatic heterocycles. The molecule has 1 heterocycles. The summed E-state index contributed by atoms with van der Waals surface area (Å²) in [5.41, 5.74) is 15.6. The summed E-state index contributed by atoms with van der Waals surface area (Å²) < 4.78 is 2.36. The summed E-state index contributed by atoms with van der Waals surface area (Å²) in [6.45, 7) is 15.2. The first-order valence-corrected chi connectivity index (χ1v) is 21.1. The van der Waals surface area contributed by atoms with Crippen LogP contribution in [0.15, 0.2) is 193 Å². The van der Waals surface area contributed by atoms with Gasteiger partial charge in [-0.3, -0.25) is 0 Å². The van der Waals surface area contributed by atoms with Crippen LogP contribution in [0.2, 0.25) is 0 Å². The fourth-order valence-corrected chi connectivity index (χ4v) is 7.96. The number of anilines is 1. The van der Waals surface area contributed by atoms with Crippen molar-refractivity contribution in [2.75, 3.05) is 5.32 Å². The lowest BCUT2D eigenvalue weighted by atomic mass is 9.82. The molecule has 0 saturated heterocycles. The summed E-state index contributed by atoms with van der Waals surface area (Å²) in [5.74, 6) is 0. The van der Waals surface area contributed by atoms with Gasteiger partial charge in [0.25, 0.3) is 0 Å². The normalized spacial score (nSPS) is 13.2. The molecule has 7 aromatic rings. The lowest BCUT2D eigenvalue weighted by molar-refractivity contribution is 0.660. The van der Waals surface area contributed by atoms with E-state index in [1.54, 1.807) is 0 Å². The molecule has 0 saturated carbocycles. The third-order valence-corrected chi connectivity index (χ3v) is 10.7. The Bertz CT molecular complexity index is 2540. The highest BCUT2D eigenvalue weighted by atomic mass is 15.0. The Morgan fingerprint density at radius 2 is 1.28 bits per heavy atom. The van der Waals surface area contributed by atoms with Gasteiger partial charge in [-0.2, -0.15) is 0 Å². The van der Waals surface area contributed by atoms with E-state index in [2.05, 4.69) is 240 Å². The number of hydrogen-bond donors (Lipinski definition) is 1. The Labute approximate surface area is 348 Å². The molecular formula is C56H60N2. The van der Waals surface area contributed by atoms with Gasteiger partial charge in [-0.15, -0.1) is 0 Å². The molecule has 6 aromatic carbocycles. The summed E-state index contributed by atoms with van der Waals surface area (Å²) in [5, 5.41) is 6.26. The monoisotopic (exact) mass is 760 g/mol. The number of nitrogens with zero attached hydrogens (tertiary/aromatic N) is 1. The molecule has 1 aliphatic carbocycles. The predicted molar refractivity (Wildman–Crippen MR) is 254 cm³/mol. The van der Waals surface area contributed by atoms with Crippen LogP contribution in [-0.2, 0) is 11.8 Å². The lowest BCUT2D eigenvalue weighted by Gasteiger charge is -2.22. The number of benzene rings is 6. The second kappa shape index (κ2) is 19.8. The van der Waals surface area contributed by atoms with Crippen LogP contribution in [-0.4, -0.2) is 4.57 Å². The molecule has 0 fully saturated rings. The van der Waals surface area contributed by atoms with E-state index in [0.717, 1.165) is 30.6 Å². The van der Waals surface area contributed by atoms with Gasteiger partial charge in [-0.1, -0.05) is 175 Å². The largest absolute Gasteiger partial charge is 0.356 e. The summed E-state index contributed by atoms with van der Waals surface area (Å²) in [6, 6.07) is 52.4. The van der Waals surface area contributed by atoms with Crippen LogP contribution in [0, 0.1) is 0 Å². The highest BCUT2D eigenvalue weighted by Crippen LogP contribution is 2.49. The van der Waals surface area contributed by atoms with Crippen LogP contribution < -0.4 is 5.32 Å². The summed E-state index contributed by atoms with van der Waals surface area (Å²) in [6.07, 6.45) is 17.3. The molecule has 0 amide bonds. The van der Waals surface area contributed by atoms with Crippen LogP contribution in [0.25, 0.3) is 38.6 Å². The van der Waals surface area contributed by atoms with Gasteiger partial charge < -0.3 is 9.88 Å². The number of allylic oxidation sites excluding steroid dienone is 7. The van der Waals surface area contributed by atoms with Gasteiger partial charge in [-0.25, -0.2) is 0 Å². The molecule has 1 N–H and O–H groups in total. The molecule has 1 aliphatic rings. The molecule has 58 heavy (non-hydrogen) atoms. The minimum atomic E-state index is 0.0292. The van der Waals surface area contributed by atoms with Crippen LogP contribution in [0.1, 0.15) is 90.0 Å². The van der Waals surface area contributed by atoms with E-state index in [4.69, 9.17) is 0 Å². The van der Waals surface area contributed by atoms with Crippen molar-refractivity contribution in [2.45, 2.75) is 79.6 Å². The van der Waals surface area contributed by atoms with Crippen molar-refractivity contribution in [3.05, 3.63) is 216 Å². The van der Waals surface area contributed by atoms with Gasteiger partial charge in [-0.05, 0) is 121 Å². The maximum absolute atomic E-state index is 3.63. The number of fused-ring (bicyclic) bond motifs is 6. The van der Waals surface area contributed by atoms with Gasteiger partial charge in [0.1, 0.15) is 0 Å². The first-order valence-electron chi connectivity index (χ1n) is 21.1. The average molecular weight is 761 g/mol. The Balaban J connectivity index is 0.000000184. The first-order chi connectivity index (χ1) is 28.3. The second-order valence-corrected chi connectivity index (χ2v) is 15.5. The third kappa shape index (κ3) is 9.52. The van der Waals surface area contributed by atoms with Crippen LogP contribution >= 0.6 is 0 Å². The molecular weight excluding hydrogens is 701 g/mol. The summed E-state index contributed by atoms with van der Waals surface area (Å²) in [4.78, 5) is 0. The Morgan fingerprint density at radius 3 is 2.00 bits per heavy atom. The molecule has 2 nitrogen and oxygen atoms in total. The van der Waals surface area contributed by atoms with Crippen molar-refractivity contribution >= 4 is 27.5 Å². The van der Waals surface area contributed by atoms with Crippen LogP contribution in [0.5, 0.6) is 0 Å². The highest BCUT2D eigenvalue weighted by molar-refractivity contribution is 6.09. The van der Waals surface area contributed by atoms with Gasteiger partial charge in [0.15, 0.2) is 0 Å². The summed E-state index contributed by atoms with van der Waals surface area (Å²) in [7, 11) is 0. The van der Waals surface area contributed by atoms with E-state index in [9.17, 15) is 0 Å². The van der Waals surface area contributed by atoms with Crippen molar-refractivity contribution in [1.29, 1.82) is 0 Å². The van der Waals surface area contributed by atoms with Crippen molar-refractivity contribution < 1.29 is 0 Å². The van der Waals surface area contributed by atoms with Crippen molar-refractivity contribution in [2.24, 2.45) is 0 Å². The van der Waals surface area contributed by atoms with E-state index < -0.39 is 0 Å². The summed E-state index contributed by atoms with van der Waals surface area (Å²) >= 11 is 0. The maximum Gasteiger partial charge on any atom is 0.0541 e. The zero-order valence-corrected chi connectivity index (χ0v) is 35.6. The number of rotatable bonds is 10. The zero-order chi connectivity index (χ0) is 40.9. The Hall–Kier alpha value is -6.12. The van der Waals surface area contributed by atoms with E-state index in [-0.39, 0.29) is 5.41 Å². The quantitative estimate of drug-likeness (QED) is 0.137. The SMILES string of the molecule is C/C=C\C(=C/C)C/C=C\C(=C/CC)Nc1ccc2c(c1)C(C)(C)c1ccccc1-2.CCC.c1ccc(Cc2ccc3c(c2)c2ccccc2n3-c2ccccc2)cc1. The Kier molecular flexibility index (Phi) is 14.2. The molecule has 0 unspecified atom stereocenters. The highest BCUT2D eigenvalue weighted by Gasteiger charge is 2.35. The van der Waals surface area contributed by atoms with Crippen molar-refractivity contribution in [1.82, 2.24) is 4.57 Å². The average Bonchev–Trinajstić information content (AvgIpc) is 3.69. The van der Waals surface area contributed by atoms with E-state index in [1.165, 1.54) is 72.9 Å². The first kappa shape index (κ1) is 41.5. The van der Waals surface area contributed by atoms with Crippen LogP contribution in [0.4, 0.5) is 5.69 Å². The molecule has 0 spiro atoms. The molecule has 0 bridgehead atoms. The smallest absolute Gasteiger partial charge is 0.0541 e. The fourth-order valence-electron chi connectivity index (χ4n) is 7.96. The number of aromatic nitrogens is 1. The second-order valence-electron chi connectivity index (χ2n) is 15.5. The van der Waals surface area contributed by atoms with Crippen molar-refractivity contribution in [3.63, 3.8) is 0 Å². The lowest BCUT2D eigenvalue weighted by Crippen LogP contribution is -2.15. The van der Waals surface area contributed by atoms with Crippen LogP contribution in [0.3, 0.4) is 0 Å². The number of nitrogens with one attached hydrogen (secondary N) is 1. The fraction of sp³-hybridized carbons (Fsp3) is 0.214. The third-order valence-electron chi connectivity index (χ3n) is 10.7. The van der Waals surface area contributed by atoms with Gasteiger partial charge in [0, 0.05) is 33.3 Å². The molecule has 0 radical (unpaired) electrons. The van der Waals surface area contributed by atoms with E-state index in [1.807, 2.05) is 0 Å². The molecule has 1 aromatic heterocycles. The minimum Gasteiger partial charge on any atom is -0.356 e. The molecule has 0 atom stereocenters. The molecule has 294 valence electrons. The maximum atomic E-state index is 3.63. The molecule has 2 heteroatoms. The standard InChI is InChI=1S/C28H33N.C25H19N.C3H8/c1-6-12-21(8-3)14-11-15-22(13-7-2)29-23-18-19-25-24-16-9-10-17-26(24)28(4,5)27(25)20-23;1-3-9-19(10-4-1)17-20-15-16-25-23(18-20)22-13-7-8-14-24(22)26(25)21-11-5-2-6-12-21;1-3-2/h6,8-13,15-20,29H,7,14H2,1-5H3;1-16,18H,17H2;3H2,1-2H3/b12-6-,15-11-,21-8+,22-13+;;. The van der Waals surface area contributed by atoms with Gasteiger partial charge in [0.05, 0.1) is 11.0 Å². The van der Waals surface area contributed by atoms with E-state index in [0.29, 0.717) is 0 Å².